The van der Waals surface area contributed by atoms with Crippen LogP contribution in [0.3, 0.4) is 0 Å². The van der Waals surface area contributed by atoms with Crippen molar-refractivity contribution in [1.29, 1.82) is 0 Å². The molecule has 0 unspecified atom stereocenters. The SMILES string of the molecule is CC(C)[C@H](NC(=O)Cc1cccc2ccccc12)C(=O)O[C@H](C)c1ccc(F)cc1. The van der Waals surface area contributed by atoms with Crippen molar-refractivity contribution in [2.24, 2.45) is 5.92 Å². The average molecular weight is 407 g/mol. The lowest BCUT2D eigenvalue weighted by atomic mass is 10.0. The Morgan fingerprint density at radius 3 is 2.30 bits per heavy atom. The Bertz CT molecular complexity index is 1020. The number of esters is 1. The summed E-state index contributed by atoms with van der Waals surface area (Å²) in [6.07, 6.45) is -0.375. The maximum Gasteiger partial charge on any atom is 0.329 e. The van der Waals surface area contributed by atoms with E-state index in [2.05, 4.69) is 5.32 Å². The topological polar surface area (TPSA) is 55.4 Å². The Morgan fingerprint density at radius 1 is 0.933 bits per heavy atom. The average Bonchev–Trinajstić information content (AvgIpc) is 2.72. The van der Waals surface area contributed by atoms with Gasteiger partial charge >= 0.3 is 5.97 Å². The van der Waals surface area contributed by atoms with E-state index in [0.29, 0.717) is 5.56 Å². The normalized spacial score (nSPS) is 13.1. The van der Waals surface area contributed by atoms with E-state index in [0.717, 1.165) is 16.3 Å². The highest BCUT2D eigenvalue weighted by atomic mass is 19.1. The number of carbonyl (C=O) groups excluding carboxylic acids is 2. The molecular formula is C25H26FNO3. The first-order chi connectivity index (χ1) is 14.3. The smallest absolute Gasteiger partial charge is 0.329 e. The Labute approximate surface area is 176 Å². The van der Waals surface area contributed by atoms with Gasteiger partial charge in [0.15, 0.2) is 0 Å². The molecule has 0 saturated carbocycles. The van der Waals surface area contributed by atoms with Gasteiger partial charge in [-0.25, -0.2) is 9.18 Å². The molecule has 3 aromatic rings. The summed E-state index contributed by atoms with van der Waals surface area (Å²) in [5.41, 5.74) is 1.59. The third kappa shape index (κ3) is 5.23. The van der Waals surface area contributed by atoms with Crippen molar-refractivity contribution in [2.75, 3.05) is 0 Å². The van der Waals surface area contributed by atoms with Crippen LogP contribution in [0.1, 0.15) is 38.0 Å². The molecule has 1 N–H and O–H groups in total. The Balaban J connectivity index is 1.67. The molecular weight excluding hydrogens is 381 g/mol. The van der Waals surface area contributed by atoms with Crippen LogP contribution in [0.15, 0.2) is 66.7 Å². The fourth-order valence-electron chi connectivity index (χ4n) is 3.39. The van der Waals surface area contributed by atoms with E-state index >= 15 is 0 Å². The van der Waals surface area contributed by atoms with Crippen molar-refractivity contribution in [3.8, 4) is 0 Å². The minimum absolute atomic E-state index is 0.144. The number of benzene rings is 3. The van der Waals surface area contributed by atoms with E-state index in [1.54, 1.807) is 19.1 Å². The molecule has 3 aromatic carbocycles. The first-order valence-electron chi connectivity index (χ1n) is 10.1. The first kappa shape index (κ1) is 21.5. The summed E-state index contributed by atoms with van der Waals surface area (Å²) in [5.74, 6) is -1.24. The van der Waals surface area contributed by atoms with Gasteiger partial charge in [-0.2, -0.15) is 0 Å². The quantitative estimate of drug-likeness (QED) is 0.563. The lowest BCUT2D eigenvalue weighted by Crippen LogP contribution is -2.46. The minimum atomic E-state index is -0.768. The highest BCUT2D eigenvalue weighted by molar-refractivity contribution is 5.91. The summed E-state index contributed by atoms with van der Waals surface area (Å²) in [5, 5.41) is 4.90. The zero-order valence-electron chi connectivity index (χ0n) is 17.4. The largest absolute Gasteiger partial charge is 0.456 e. The summed E-state index contributed by atoms with van der Waals surface area (Å²) < 4.78 is 18.7. The second kappa shape index (κ2) is 9.53. The van der Waals surface area contributed by atoms with Gasteiger partial charge in [0.2, 0.25) is 5.91 Å². The van der Waals surface area contributed by atoms with E-state index in [4.69, 9.17) is 4.74 Å². The molecule has 0 radical (unpaired) electrons. The number of rotatable bonds is 7. The molecule has 3 rings (SSSR count). The Morgan fingerprint density at radius 2 is 1.60 bits per heavy atom. The van der Waals surface area contributed by atoms with Crippen LogP contribution in [0, 0.1) is 11.7 Å². The van der Waals surface area contributed by atoms with Crippen LogP contribution in [0.4, 0.5) is 4.39 Å². The van der Waals surface area contributed by atoms with Crippen LogP contribution < -0.4 is 5.32 Å². The van der Waals surface area contributed by atoms with E-state index < -0.39 is 18.1 Å². The van der Waals surface area contributed by atoms with Gasteiger partial charge < -0.3 is 10.1 Å². The predicted molar refractivity (Wildman–Crippen MR) is 115 cm³/mol. The molecule has 0 fully saturated rings. The van der Waals surface area contributed by atoms with E-state index in [1.165, 1.54) is 12.1 Å². The maximum atomic E-state index is 13.1. The van der Waals surface area contributed by atoms with E-state index in [-0.39, 0.29) is 24.1 Å². The van der Waals surface area contributed by atoms with Crippen molar-refractivity contribution in [2.45, 2.75) is 39.3 Å². The molecule has 0 heterocycles. The molecule has 0 spiro atoms. The molecule has 5 heteroatoms. The molecule has 0 aromatic heterocycles. The van der Waals surface area contributed by atoms with Gasteiger partial charge in [-0.1, -0.05) is 68.4 Å². The molecule has 0 aliphatic heterocycles. The highest BCUT2D eigenvalue weighted by Gasteiger charge is 2.27. The number of fused-ring (bicyclic) bond motifs is 1. The number of carbonyl (C=O) groups is 2. The molecule has 0 aliphatic rings. The molecule has 156 valence electrons. The number of nitrogens with one attached hydrogen (secondary N) is 1. The molecule has 1 amide bonds. The standard InChI is InChI=1S/C25H26FNO3/c1-16(2)24(25(29)30-17(3)18-11-13-21(26)14-12-18)27-23(28)15-20-9-6-8-19-7-4-5-10-22(19)20/h4-14,16-17,24H,15H2,1-3H3,(H,27,28)/t17-,24+/m1/s1. The lowest BCUT2D eigenvalue weighted by molar-refractivity contribution is -0.154. The van der Waals surface area contributed by atoms with Crippen LogP contribution in [0.25, 0.3) is 10.8 Å². The summed E-state index contributed by atoms with van der Waals surface area (Å²) in [4.78, 5) is 25.4. The van der Waals surface area contributed by atoms with Crippen LogP contribution in [-0.4, -0.2) is 17.9 Å². The van der Waals surface area contributed by atoms with Gasteiger partial charge in [-0.3, -0.25) is 4.79 Å². The van der Waals surface area contributed by atoms with Crippen LogP contribution in [0.2, 0.25) is 0 Å². The molecule has 30 heavy (non-hydrogen) atoms. The van der Waals surface area contributed by atoms with Gasteiger partial charge in [0.05, 0.1) is 6.42 Å². The number of hydrogen-bond donors (Lipinski definition) is 1. The van der Waals surface area contributed by atoms with Crippen molar-refractivity contribution in [3.63, 3.8) is 0 Å². The zero-order valence-corrected chi connectivity index (χ0v) is 17.4. The fourth-order valence-corrected chi connectivity index (χ4v) is 3.39. The monoisotopic (exact) mass is 407 g/mol. The number of ether oxygens (including phenoxy) is 1. The second-order valence-electron chi connectivity index (χ2n) is 7.73. The van der Waals surface area contributed by atoms with Crippen molar-refractivity contribution >= 4 is 22.6 Å². The lowest BCUT2D eigenvalue weighted by Gasteiger charge is -2.23. The number of amides is 1. The van der Waals surface area contributed by atoms with Crippen molar-refractivity contribution < 1.29 is 18.7 Å². The summed E-state index contributed by atoms with van der Waals surface area (Å²) >= 11 is 0. The molecule has 0 bridgehead atoms. The summed E-state index contributed by atoms with van der Waals surface area (Å²) in [7, 11) is 0. The Hall–Kier alpha value is -3.21. The van der Waals surface area contributed by atoms with Gasteiger partial charge in [0.25, 0.3) is 0 Å². The zero-order chi connectivity index (χ0) is 21.7. The minimum Gasteiger partial charge on any atom is -0.456 e. The van der Waals surface area contributed by atoms with Gasteiger partial charge in [0.1, 0.15) is 18.0 Å². The van der Waals surface area contributed by atoms with E-state index in [1.807, 2.05) is 56.3 Å². The fraction of sp³-hybridized carbons (Fsp3) is 0.280. The third-order valence-electron chi connectivity index (χ3n) is 5.10. The van der Waals surface area contributed by atoms with Gasteiger partial charge in [0, 0.05) is 0 Å². The van der Waals surface area contributed by atoms with Crippen molar-refractivity contribution in [1.82, 2.24) is 5.32 Å². The predicted octanol–water partition coefficient (Wildman–Crippen LogP) is 4.97. The first-order valence-corrected chi connectivity index (χ1v) is 10.1. The molecule has 2 atom stereocenters. The molecule has 4 nitrogen and oxygen atoms in total. The second-order valence-corrected chi connectivity index (χ2v) is 7.73. The van der Waals surface area contributed by atoms with Crippen molar-refractivity contribution in [3.05, 3.63) is 83.7 Å². The van der Waals surface area contributed by atoms with Gasteiger partial charge in [-0.15, -0.1) is 0 Å². The van der Waals surface area contributed by atoms with E-state index in [9.17, 15) is 14.0 Å². The van der Waals surface area contributed by atoms with Crippen LogP contribution in [-0.2, 0) is 20.7 Å². The third-order valence-corrected chi connectivity index (χ3v) is 5.10. The molecule has 0 saturated heterocycles. The number of hydrogen-bond acceptors (Lipinski definition) is 3. The van der Waals surface area contributed by atoms with Gasteiger partial charge in [-0.05, 0) is 46.9 Å². The van der Waals surface area contributed by atoms with Crippen LogP contribution >= 0.6 is 0 Å². The van der Waals surface area contributed by atoms with Crippen LogP contribution in [0.5, 0.6) is 0 Å². The summed E-state index contributed by atoms with van der Waals surface area (Å²) in [6, 6.07) is 18.8. The molecule has 0 aliphatic carbocycles. The summed E-state index contributed by atoms with van der Waals surface area (Å²) in [6.45, 7) is 5.43. The Kier molecular flexibility index (Phi) is 6.83. The maximum absolute atomic E-state index is 13.1. The highest BCUT2D eigenvalue weighted by Crippen LogP contribution is 2.21. The number of halogens is 1.